The Labute approximate surface area is 188 Å². The third-order valence-corrected chi connectivity index (χ3v) is 5.23. The number of hydrogen-bond acceptors (Lipinski definition) is 5. The number of esters is 2. The maximum atomic E-state index is 13.5. The van der Waals surface area contributed by atoms with E-state index in [-0.39, 0.29) is 26.3 Å². The van der Waals surface area contributed by atoms with Gasteiger partial charge in [0, 0.05) is 13.1 Å². The van der Waals surface area contributed by atoms with Crippen molar-refractivity contribution < 1.29 is 23.9 Å². The molecule has 0 aromatic heterocycles. The standard InChI is InChI=1S/C25H30N2O5/c1-3-15-31-23(28)21-22(24(29)32-16-4-2)27(18-20-13-9-6-10-14-20)25(30)26(21)17-19-11-7-5-8-12-19/h5-14,21-22H,3-4,15-18H2,1-2H3/t21-,22+. The lowest BCUT2D eigenvalue weighted by molar-refractivity contribution is -0.158. The normalized spacial score (nSPS) is 18.0. The molecule has 1 aliphatic rings. The monoisotopic (exact) mass is 438 g/mol. The molecule has 2 amide bonds. The fourth-order valence-electron chi connectivity index (χ4n) is 3.72. The summed E-state index contributed by atoms with van der Waals surface area (Å²) in [6, 6.07) is 16.2. The molecule has 1 saturated heterocycles. The first-order valence-corrected chi connectivity index (χ1v) is 11.0. The van der Waals surface area contributed by atoms with E-state index in [2.05, 4.69) is 0 Å². The van der Waals surface area contributed by atoms with E-state index in [1.54, 1.807) is 0 Å². The van der Waals surface area contributed by atoms with Crippen LogP contribution in [0.3, 0.4) is 0 Å². The lowest BCUT2D eigenvalue weighted by Crippen LogP contribution is -2.49. The molecule has 0 spiro atoms. The van der Waals surface area contributed by atoms with Crippen LogP contribution in [0.15, 0.2) is 60.7 Å². The molecule has 3 rings (SSSR count). The first-order chi connectivity index (χ1) is 15.6. The predicted molar refractivity (Wildman–Crippen MR) is 119 cm³/mol. The number of benzene rings is 2. The molecule has 1 aliphatic heterocycles. The number of ether oxygens (including phenoxy) is 2. The second-order valence-electron chi connectivity index (χ2n) is 7.73. The average Bonchev–Trinajstić information content (AvgIpc) is 3.08. The second kappa shape index (κ2) is 11.3. The fraction of sp³-hybridized carbons (Fsp3) is 0.400. The molecule has 0 N–H and O–H groups in total. The maximum Gasteiger partial charge on any atom is 0.331 e. The highest BCUT2D eigenvalue weighted by Crippen LogP contribution is 2.29. The van der Waals surface area contributed by atoms with Crippen LogP contribution in [0.1, 0.15) is 37.8 Å². The number of carbonyl (C=O) groups excluding carboxylic acids is 3. The first kappa shape index (κ1) is 23.3. The zero-order chi connectivity index (χ0) is 22.9. The highest BCUT2D eigenvalue weighted by Gasteiger charge is 2.54. The lowest BCUT2D eigenvalue weighted by Gasteiger charge is -2.25. The van der Waals surface area contributed by atoms with Gasteiger partial charge in [-0.3, -0.25) is 0 Å². The Morgan fingerprint density at radius 1 is 0.719 bits per heavy atom. The van der Waals surface area contributed by atoms with Crippen LogP contribution in [-0.2, 0) is 32.2 Å². The molecule has 2 aromatic rings. The Morgan fingerprint density at radius 3 is 1.44 bits per heavy atom. The quantitative estimate of drug-likeness (QED) is 0.528. The van der Waals surface area contributed by atoms with Crippen molar-refractivity contribution in [1.29, 1.82) is 0 Å². The van der Waals surface area contributed by atoms with Crippen molar-refractivity contribution >= 4 is 18.0 Å². The smallest absolute Gasteiger partial charge is 0.331 e. The van der Waals surface area contributed by atoms with E-state index in [9.17, 15) is 14.4 Å². The van der Waals surface area contributed by atoms with Crippen molar-refractivity contribution in [1.82, 2.24) is 9.80 Å². The van der Waals surface area contributed by atoms with Crippen LogP contribution >= 0.6 is 0 Å². The third kappa shape index (κ3) is 5.46. The molecule has 0 saturated carbocycles. The molecule has 0 aliphatic carbocycles. The highest BCUT2D eigenvalue weighted by atomic mass is 16.5. The van der Waals surface area contributed by atoms with Gasteiger partial charge in [-0.1, -0.05) is 74.5 Å². The Hall–Kier alpha value is -3.35. The van der Waals surface area contributed by atoms with Gasteiger partial charge in [0.15, 0.2) is 12.1 Å². The van der Waals surface area contributed by atoms with E-state index < -0.39 is 30.1 Å². The van der Waals surface area contributed by atoms with Gasteiger partial charge >= 0.3 is 18.0 Å². The number of hydrogen-bond donors (Lipinski definition) is 0. The summed E-state index contributed by atoms with van der Waals surface area (Å²) >= 11 is 0. The van der Waals surface area contributed by atoms with Gasteiger partial charge in [0.25, 0.3) is 0 Å². The Bertz CT molecular complexity index is 830. The summed E-state index contributed by atoms with van der Waals surface area (Å²) in [6.45, 7) is 4.60. The number of rotatable bonds is 10. The van der Waals surface area contributed by atoms with Crippen molar-refractivity contribution in [2.45, 2.75) is 51.9 Å². The molecule has 0 radical (unpaired) electrons. The van der Waals surface area contributed by atoms with Gasteiger partial charge in [0.1, 0.15) is 0 Å². The van der Waals surface area contributed by atoms with Crippen molar-refractivity contribution in [3.05, 3.63) is 71.8 Å². The summed E-state index contributed by atoms with van der Waals surface area (Å²) in [7, 11) is 0. The molecule has 0 bridgehead atoms. The maximum absolute atomic E-state index is 13.5. The van der Waals surface area contributed by atoms with Crippen molar-refractivity contribution in [2.24, 2.45) is 0 Å². The molecule has 2 atom stereocenters. The first-order valence-electron chi connectivity index (χ1n) is 11.0. The SMILES string of the molecule is CCCOC(=O)[C@@H]1[C@H](C(=O)OCCC)N(Cc2ccccc2)C(=O)N1Cc1ccccc1. The summed E-state index contributed by atoms with van der Waals surface area (Å²) < 4.78 is 10.8. The summed E-state index contributed by atoms with van der Waals surface area (Å²) in [5.41, 5.74) is 1.72. The zero-order valence-electron chi connectivity index (χ0n) is 18.6. The second-order valence-corrected chi connectivity index (χ2v) is 7.73. The number of nitrogens with zero attached hydrogens (tertiary/aromatic N) is 2. The third-order valence-electron chi connectivity index (χ3n) is 5.23. The topological polar surface area (TPSA) is 76.2 Å². The van der Waals surface area contributed by atoms with Crippen LogP contribution < -0.4 is 0 Å². The summed E-state index contributed by atoms with van der Waals surface area (Å²) in [4.78, 5) is 42.6. The van der Waals surface area contributed by atoms with Gasteiger partial charge in [-0.15, -0.1) is 0 Å². The van der Waals surface area contributed by atoms with Crippen LogP contribution in [0.4, 0.5) is 4.79 Å². The van der Waals surface area contributed by atoms with Crippen LogP contribution in [-0.4, -0.2) is 53.1 Å². The average molecular weight is 439 g/mol. The van der Waals surface area contributed by atoms with Gasteiger partial charge in [-0.05, 0) is 24.0 Å². The lowest BCUT2D eigenvalue weighted by atomic mass is 10.1. The molecule has 7 heteroatoms. The van der Waals surface area contributed by atoms with Crippen LogP contribution in [0.25, 0.3) is 0 Å². The summed E-state index contributed by atoms with van der Waals surface area (Å²) in [5, 5.41) is 0. The molecular weight excluding hydrogens is 408 g/mol. The Morgan fingerprint density at radius 2 is 1.09 bits per heavy atom. The summed E-state index contributed by atoms with van der Waals surface area (Å²) in [6.07, 6.45) is 1.29. The van der Waals surface area contributed by atoms with E-state index in [1.807, 2.05) is 74.5 Å². The fourth-order valence-corrected chi connectivity index (χ4v) is 3.72. The molecule has 1 fully saturated rings. The number of carbonyl (C=O) groups is 3. The molecule has 7 nitrogen and oxygen atoms in total. The van der Waals surface area contributed by atoms with Gasteiger partial charge in [-0.2, -0.15) is 0 Å². The molecule has 1 heterocycles. The molecule has 0 unspecified atom stereocenters. The van der Waals surface area contributed by atoms with Gasteiger partial charge in [-0.25, -0.2) is 14.4 Å². The molecular formula is C25H30N2O5. The highest BCUT2D eigenvalue weighted by molar-refractivity contribution is 5.97. The van der Waals surface area contributed by atoms with Crippen LogP contribution in [0, 0.1) is 0 Å². The minimum absolute atomic E-state index is 0.189. The minimum Gasteiger partial charge on any atom is -0.464 e. The number of amides is 2. The van der Waals surface area contributed by atoms with Crippen LogP contribution in [0.5, 0.6) is 0 Å². The van der Waals surface area contributed by atoms with E-state index in [4.69, 9.17) is 9.47 Å². The minimum atomic E-state index is -1.08. The van der Waals surface area contributed by atoms with Crippen molar-refractivity contribution in [3.63, 3.8) is 0 Å². The van der Waals surface area contributed by atoms with E-state index in [0.29, 0.717) is 12.8 Å². The van der Waals surface area contributed by atoms with Gasteiger partial charge in [0.05, 0.1) is 13.2 Å². The zero-order valence-corrected chi connectivity index (χ0v) is 18.6. The largest absolute Gasteiger partial charge is 0.464 e. The van der Waals surface area contributed by atoms with E-state index in [1.165, 1.54) is 9.80 Å². The number of urea groups is 1. The van der Waals surface area contributed by atoms with Gasteiger partial charge in [0.2, 0.25) is 0 Å². The molecule has 32 heavy (non-hydrogen) atoms. The van der Waals surface area contributed by atoms with E-state index in [0.717, 1.165) is 11.1 Å². The van der Waals surface area contributed by atoms with Crippen molar-refractivity contribution in [3.8, 4) is 0 Å². The Kier molecular flexibility index (Phi) is 8.25. The predicted octanol–water partition coefficient (Wildman–Crippen LogP) is 3.77. The van der Waals surface area contributed by atoms with Crippen LogP contribution in [0.2, 0.25) is 0 Å². The molecule has 170 valence electrons. The van der Waals surface area contributed by atoms with Crippen molar-refractivity contribution in [2.75, 3.05) is 13.2 Å². The summed E-state index contributed by atoms with van der Waals surface area (Å²) in [5.74, 6) is -1.18. The van der Waals surface area contributed by atoms with Gasteiger partial charge < -0.3 is 19.3 Å². The molecule has 2 aromatic carbocycles. The van der Waals surface area contributed by atoms with E-state index >= 15 is 0 Å². The Balaban J connectivity index is 1.98.